The normalized spacial score (nSPS) is 10.9. The van der Waals surface area contributed by atoms with Gasteiger partial charge in [0.15, 0.2) is 0 Å². The maximum absolute atomic E-state index is 8.87. The molecule has 100 valence electrons. The molecule has 0 amide bonds. The first kappa shape index (κ1) is 15.1. The molecule has 1 aromatic rings. The van der Waals surface area contributed by atoms with Crippen LogP contribution in [-0.2, 0) is 6.54 Å². The number of benzene rings is 1. The third kappa shape index (κ3) is 4.37. The number of nitrogens with zero attached hydrogens (tertiary/aromatic N) is 1. The molecule has 1 aromatic carbocycles. The molecule has 0 saturated carbocycles. The number of thiocarbonyl (C=S) groups is 1. The Bertz CT molecular complexity index is 407. The van der Waals surface area contributed by atoms with Gasteiger partial charge in [-0.3, -0.25) is 4.90 Å². The highest BCUT2D eigenvalue weighted by Gasteiger charge is 2.07. The summed E-state index contributed by atoms with van der Waals surface area (Å²) < 4.78 is 0. The zero-order valence-corrected chi connectivity index (χ0v) is 12.0. The van der Waals surface area contributed by atoms with Gasteiger partial charge < -0.3 is 10.8 Å². The Kier molecular flexibility index (Phi) is 6.25. The van der Waals surface area contributed by atoms with E-state index < -0.39 is 0 Å². The summed E-state index contributed by atoms with van der Waals surface area (Å²) in [6.45, 7) is 7.27. The summed E-state index contributed by atoms with van der Waals surface area (Å²) in [6.07, 6.45) is 0.817. The fraction of sp³-hybridized carbons (Fsp3) is 0.500. The van der Waals surface area contributed by atoms with Gasteiger partial charge >= 0.3 is 0 Å². The van der Waals surface area contributed by atoms with Crippen LogP contribution in [0.15, 0.2) is 18.2 Å². The van der Waals surface area contributed by atoms with E-state index in [-0.39, 0.29) is 6.61 Å². The molecule has 0 aliphatic rings. The minimum Gasteiger partial charge on any atom is -0.396 e. The van der Waals surface area contributed by atoms with Crippen LogP contribution in [0.5, 0.6) is 0 Å². The number of nitrogens with two attached hydrogens (primary N) is 1. The van der Waals surface area contributed by atoms with Crippen molar-refractivity contribution >= 4 is 17.2 Å². The van der Waals surface area contributed by atoms with Crippen LogP contribution in [0.3, 0.4) is 0 Å². The van der Waals surface area contributed by atoms with E-state index in [2.05, 4.69) is 24.8 Å². The maximum Gasteiger partial charge on any atom is 0.103 e. The van der Waals surface area contributed by atoms with E-state index in [9.17, 15) is 0 Å². The smallest absolute Gasteiger partial charge is 0.103 e. The molecule has 0 atom stereocenters. The molecule has 18 heavy (non-hydrogen) atoms. The minimum absolute atomic E-state index is 0.246. The number of rotatable bonds is 7. The van der Waals surface area contributed by atoms with E-state index >= 15 is 0 Å². The van der Waals surface area contributed by atoms with Gasteiger partial charge in [0.2, 0.25) is 0 Å². The lowest BCUT2D eigenvalue weighted by Gasteiger charge is -2.21. The van der Waals surface area contributed by atoms with Crippen molar-refractivity contribution in [3.8, 4) is 0 Å². The summed E-state index contributed by atoms with van der Waals surface area (Å²) in [6, 6.07) is 6.10. The standard InChI is InChI=1S/C14H22N2OS/c1-3-16(7-4-8-17)10-13-6-5-12(14(15)18)9-11(13)2/h5-6,9,17H,3-4,7-8,10H2,1-2H3,(H2,15,18). The minimum atomic E-state index is 0.246. The highest BCUT2D eigenvalue weighted by Crippen LogP contribution is 2.14. The lowest BCUT2D eigenvalue weighted by atomic mass is 10.0. The second kappa shape index (κ2) is 7.46. The lowest BCUT2D eigenvalue weighted by Crippen LogP contribution is -2.25. The summed E-state index contributed by atoms with van der Waals surface area (Å²) >= 11 is 4.97. The van der Waals surface area contributed by atoms with E-state index in [1.807, 2.05) is 12.1 Å². The Morgan fingerprint density at radius 2 is 2.17 bits per heavy atom. The maximum atomic E-state index is 8.87. The summed E-state index contributed by atoms with van der Waals surface area (Å²) in [7, 11) is 0. The fourth-order valence-electron chi connectivity index (χ4n) is 1.91. The predicted molar refractivity (Wildman–Crippen MR) is 79.7 cm³/mol. The molecule has 4 heteroatoms. The zero-order valence-electron chi connectivity index (χ0n) is 11.1. The molecule has 1 rings (SSSR count). The van der Waals surface area contributed by atoms with Crippen LogP contribution in [0.25, 0.3) is 0 Å². The first-order chi connectivity index (χ1) is 8.58. The van der Waals surface area contributed by atoms with Crippen LogP contribution >= 0.6 is 12.2 Å². The van der Waals surface area contributed by atoms with Gasteiger partial charge in [0.05, 0.1) is 0 Å². The Morgan fingerprint density at radius 1 is 1.44 bits per heavy atom. The van der Waals surface area contributed by atoms with Gasteiger partial charge in [0.25, 0.3) is 0 Å². The van der Waals surface area contributed by atoms with Crippen LogP contribution in [-0.4, -0.2) is 34.7 Å². The largest absolute Gasteiger partial charge is 0.396 e. The van der Waals surface area contributed by atoms with Gasteiger partial charge in [-0.2, -0.15) is 0 Å². The summed E-state index contributed by atoms with van der Waals surface area (Å²) in [5, 5.41) is 8.87. The second-order valence-corrected chi connectivity index (χ2v) is 4.89. The molecule has 0 bridgehead atoms. The average molecular weight is 266 g/mol. The molecule has 0 aromatic heterocycles. The Labute approximate surface area is 115 Å². The SMILES string of the molecule is CCN(CCCO)Cc1ccc(C(N)=S)cc1C. The number of hydrogen-bond acceptors (Lipinski definition) is 3. The first-order valence-electron chi connectivity index (χ1n) is 6.31. The number of aryl methyl sites for hydroxylation is 1. The van der Waals surface area contributed by atoms with Crippen LogP contribution in [0.2, 0.25) is 0 Å². The number of aliphatic hydroxyl groups excluding tert-OH is 1. The third-order valence-electron chi connectivity index (χ3n) is 3.10. The second-order valence-electron chi connectivity index (χ2n) is 4.45. The quantitative estimate of drug-likeness (QED) is 0.739. The van der Waals surface area contributed by atoms with Gasteiger partial charge in [0.1, 0.15) is 4.99 Å². The Balaban J connectivity index is 2.74. The Morgan fingerprint density at radius 3 is 2.67 bits per heavy atom. The molecular formula is C14H22N2OS. The van der Waals surface area contributed by atoms with Gasteiger partial charge in [0, 0.05) is 25.3 Å². The van der Waals surface area contributed by atoms with Crippen LogP contribution < -0.4 is 5.73 Å². The molecule has 3 nitrogen and oxygen atoms in total. The summed E-state index contributed by atoms with van der Waals surface area (Å²) in [4.78, 5) is 2.76. The van der Waals surface area contributed by atoms with Crippen molar-refractivity contribution in [2.24, 2.45) is 5.73 Å². The third-order valence-corrected chi connectivity index (χ3v) is 3.34. The Hall–Kier alpha value is -0.970. The van der Waals surface area contributed by atoms with Gasteiger partial charge in [-0.1, -0.05) is 31.3 Å². The van der Waals surface area contributed by atoms with Crippen molar-refractivity contribution in [3.05, 3.63) is 34.9 Å². The average Bonchev–Trinajstić information content (AvgIpc) is 2.35. The highest BCUT2D eigenvalue weighted by molar-refractivity contribution is 7.80. The highest BCUT2D eigenvalue weighted by atomic mass is 32.1. The van der Waals surface area contributed by atoms with Crippen LogP contribution in [0.1, 0.15) is 30.0 Å². The summed E-state index contributed by atoms with van der Waals surface area (Å²) in [5.41, 5.74) is 9.04. The lowest BCUT2D eigenvalue weighted by molar-refractivity contribution is 0.225. The van der Waals surface area contributed by atoms with Gasteiger partial charge in [-0.05, 0) is 37.1 Å². The summed E-state index contributed by atoms with van der Waals surface area (Å²) in [5.74, 6) is 0. The van der Waals surface area contributed by atoms with Crippen molar-refractivity contribution < 1.29 is 5.11 Å². The number of hydrogen-bond donors (Lipinski definition) is 2. The monoisotopic (exact) mass is 266 g/mol. The zero-order chi connectivity index (χ0) is 13.5. The van der Waals surface area contributed by atoms with Crippen LogP contribution in [0, 0.1) is 6.92 Å². The fourth-order valence-corrected chi connectivity index (χ4v) is 2.04. The van der Waals surface area contributed by atoms with E-state index in [0.717, 1.165) is 31.6 Å². The molecule has 0 aliphatic heterocycles. The van der Waals surface area contributed by atoms with E-state index in [1.54, 1.807) is 0 Å². The molecular weight excluding hydrogens is 244 g/mol. The predicted octanol–water partition coefficient (Wildman–Crippen LogP) is 1.83. The van der Waals surface area contributed by atoms with E-state index in [1.165, 1.54) is 11.1 Å². The van der Waals surface area contributed by atoms with Crippen molar-refractivity contribution in [1.29, 1.82) is 0 Å². The molecule has 0 radical (unpaired) electrons. The van der Waals surface area contributed by atoms with Gasteiger partial charge in [-0.25, -0.2) is 0 Å². The van der Waals surface area contributed by atoms with Crippen molar-refractivity contribution in [2.75, 3.05) is 19.7 Å². The van der Waals surface area contributed by atoms with Crippen molar-refractivity contribution in [3.63, 3.8) is 0 Å². The number of aliphatic hydroxyl groups is 1. The molecule has 0 aliphatic carbocycles. The van der Waals surface area contributed by atoms with Crippen LogP contribution in [0.4, 0.5) is 0 Å². The van der Waals surface area contributed by atoms with E-state index in [0.29, 0.717) is 4.99 Å². The molecule has 0 heterocycles. The van der Waals surface area contributed by atoms with E-state index in [4.69, 9.17) is 23.1 Å². The topological polar surface area (TPSA) is 49.5 Å². The first-order valence-corrected chi connectivity index (χ1v) is 6.71. The molecule has 0 unspecified atom stereocenters. The molecule has 0 saturated heterocycles. The van der Waals surface area contributed by atoms with Crippen molar-refractivity contribution in [1.82, 2.24) is 4.90 Å². The molecule has 0 spiro atoms. The van der Waals surface area contributed by atoms with Gasteiger partial charge in [-0.15, -0.1) is 0 Å². The van der Waals surface area contributed by atoms with Crippen molar-refractivity contribution in [2.45, 2.75) is 26.8 Å². The molecule has 3 N–H and O–H groups in total. The molecule has 0 fully saturated rings.